The van der Waals surface area contributed by atoms with Crippen LogP contribution in [-0.4, -0.2) is 483 Å². The number of amides is 5. The second-order valence-electron chi connectivity index (χ2n) is 39.6. The minimum Gasteiger partial charge on any atom is -0.477 e. The van der Waals surface area contributed by atoms with Crippen LogP contribution >= 0.6 is 0 Å². The molecule has 854 valence electrons. The zero-order chi connectivity index (χ0) is 109. The highest BCUT2D eigenvalue weighted by molar-refractivity contribution is 5.79. The molecule has 53 heteroatoms. The number of nitrogens with one attached hydrogen (secondary N) is 5. The Kier molecular flexibility index (Phi) is 54.2. The maximum absolute atomic E-state index is 14.3. The second kappa shape index (κ2) is 62.1. The Bertz CT molecular complexity index is 3910. The van der Waals surface area contributed by atoms with E-state index in [4.69, 9.17) is 66.3 Å². The van der Waals surface area contributed by atoms with Gasteiger partial charge in [0.05, 0.1) is 101 Å². The van der Waals surface area contributed by atoms with Gasteiger partial charge in [0.25, 0.3) is 17.4 Å². The molecule has 0 spiro atoms. The molecule has 0 radical (unpaired) electrons. The number of rotatable bonds is 65. The monoisotopic (exact) mass is 2130 g/mol. The molecule has 31 N–H and O–H groups in total. The van der Waals surface area contributed by atoms with Crippen LogP contribution < -0.4 is 26.6 Å². The molecular weight excluding hydrogens is 1970 g/mol. The molecule has 0 aromatic heterocycles. The van der Waals surface area contributed by atoms with Crippen LogP contribution in [0.2, 0.25) is 0 Å². The molecule has 147 heavy (non-hydrogen) atoms. The zero-order valence-corrected chi connectivity index (χ0v) is 84.3. The van der Waals surface area contributed by atoms with Crippen molar-refractivity contribution in [2.75, 3.05) is 52.9 Å². The number of carbonyl (C=O) groups excluding carboxylic acids is 5. The smallest absolute Gasteiger partial charge is 0.364 e. The van der Waals surface area contributed by atoms with Gasteiger partial charge >= 0.3 is 17.9 Å². The molecule has 7 fully saturated rings. The van der Waals surface area contributed by atoms with E-state index in [2.05, 4.69) is 47.4 Å². The summed E-state index contributed by atoms with van der Waals surface area (Å²) in [6.07, 6.45) is -56.5. The molecule has 42 atom stereocenters. The summed E-state index contributed by atoms with van der Waals surface area (Å²) in [4.78, 5) is 108. The molecule has 7 heterocycles. The normalized spacial score (nSPS) is 35.9. The predicted molar refractivity (Wildman–Crippen MR) is 498 cm³/mol. The number of aliphatic hydroxyl groups excluding tert-OH is 23. The standard InChI is InChI=1S/C94H165N5O48/c1-8-10-11-12-13-14-15-16-17-21-24-27-30-33-62(117)99-50(67(118)51(111)32-29-26-23-20-18-19-22-25-28-31-45(3)9-2)44-134-86-74(125)73(124)77(60(42-105)138-86)140-88-75(126)83(72(123)59(41-104)137-88)141-85-66(98-49(7)110)82(71(122)57(39-102)135-85)146-93(90(130)131)35-54(114)65(97-48(6)109)81(145-93)70(121)58(40-103)136-87-76(127)84(147-94(91(132)133)36-53(113)64(96-47(5)108)80(144-94)69(120)56(116)38-101)78(61(43-106)139-87)142-92(89(128)129)34-52(112)63(95-46(4)107)79(143-92)68(119)55(115)37-100/h45,50-61,63-88,100-106,111-116,118-127H,8-44H2,1-7H3,(H,95,107)(H,96,108)(H,97,109)(H,98,110)(H,99,117)(H,128,129)(H,130,131)(H,132,133). The Morgan fingerprint density at radius 1 is 0.367 bits per heavy atom. The van der Waals surface area contributed by atoms with E-state index < -0.39 is 369 Å². The van der Waals surface area contributed by atoms with Crippen LogP contribution in [0.4, 0.5) is 0 Å². The van der Waals surface area contributed by atoms with E-state index >= 15 is 0 Å². The SMILES string of the molecule is CCCCCCCCCCCCCCCC(=O)NC(COC1OC(CO)C(OC2OC(CO)C(O)C(OC3OC(CO)C(O)C(OC4(C(=O)O)CC(O)C(NC(C)=O)C(C(O)C(CO)OC5OC(CO)C(OC6(C(=O)O)CC(O)C(NC(C)=O)C(C(O)C(O)CO)O6)C(OC6(C(=O)O)CC(O)C(NC(C)=O)C(C(O)C(O)CO)O6)C5O)O4)C3NC(C)=O)C2O)C(O)C1O)C(O)C(O)CCCCCCCCCCCC(C)CC. The Labute approximate surface area is 851 Å². The van der Waals surface area contributed by atoms with Crippen molar-refractivity contribution >= 4 is 47.4 Å². The summed E-state index contributed by atoms with van der Waals surface area (Å²) in [5.41, 5.74) is 0. The van der Waals surface area contributed by atoms with Crippen molar-refractivity contribution in [2.24, 2.45) is 5.92 Å². The molecule has 7 aliphatic rings. The van der Waals surface area contributed by atoms with Crippen molar-refractivity contribution in [1.29, 1.82) is 0 Å². The van der Waals surface area contributed by atoms with Gasteiger partial charge in [0.15, 0.2) is 25.2 Å². The predicted octanol–water partition coefficient (Wildman–Crippen LogP) is -8.03. The van der Waals surface area contributed by atoms with E-state index in [1.165, 1.54) is 57.8 Å². The zero-order valence-electron chi connectivity index (χ0n) is 84.3. The van der Waals surface area contributed by atoms with Crippen LogP contribution in [0.3, 0.4) is 0 Å². The van der Waals surface area contributed by atoms with Gasteiger partial charge in [-0.1, -0.05) is 168 Å². The molecule has 7 rings (SSSR count). The fourth-order valence-electron chi connectivity index (χ4n) is 19.6. The summed E-state index contributed by atoms with van der Waals surface area (Å²) in [5, 5.41) is 309. The summed E-state index contributed by atoms with van der Waals surface area (Å²) >= 11 is 0. The average Bonchev–Trinajstić information content (AvgIpc) is 0.744. The molecule has 0 aromatic carbocycles. The van der Waals surface area contributed by atoms with Crippen LogP contribution in [0.15, 0.2) is 0 Å². The number of ether oxygens (including phenoxy) is 14. The minimum absolute atomic E-state index is 0.0432. The van der Waals surface area contributed by atoms with Gasteiger partial charge in [-0.15, -0.1) is 0 Å². The number of aliphatic carboxylic acids is 3. The molecule has 7 saturated heterocycles. The first-order valence-corrected chi connectivity index (χ1v) is 51.2. The fraction of sp³-hybridized carbons (Fsp3) is 0.915. The van der Waals surface area contributed by atoms with E-state index in [1.807, 2.05) is 0 Å². The van der Waals surface area contributed by atoms with E-state index in [9.17, 15) is 171 Å². The first-order chi connectivity index (χ1) is 69.7. The van der Waals surface area contributed by atoms with Crippen molar-refractivity contribution in [3.05, 3.63) is 0 Å². The highest BCUT2D eigenvalue weighted by Gasteiger charge is 2.67. The van der Waals surface area contributed by atoms with Crippen LogP contribution in [0.1, 0.15) is 235 Å². The maximum Gasteiger partial charge on any atom is 0.364 e. The highest BCUT2D eigenvalue weighted by atomic mass is 16.8. The molecule has 0 aromatic rings. The van der Waals surface area contributed by atoms with Gasteiger partial charge in [0.2, 0.25) is 29.5 Å². The lowest BCUT2D eigenvalue weighted by molar-refractivity contribution is -0.404. The molecule has 42 unspecified atom stereocenters. The Morgan fingerprint density at radius 2 is 0.728 bits per heavy atom. The number of hydrogen-bond acceptors (Lipinski definition) is 45. The number of hydrogen-bond donors (Lipinski definition) is 31. The topological polar surface area (TPSA) is 852 Å². The number of aliphatic hydroxyl groups is 23. The second-order valence-corrected chi connectivity index (χ2v) is 39.6. The lowest BCUT2D eigenvalue weighted by Crippen LogP contribution is -2.73. The van der Waals surface area contributed by atoms with Gasteiger partial charge in [-0.2, -0.15) is 0 Å². The quantitative estimate of drug-likeness (QED) is 0.0252. The average molecular weight is 2130 g/mol. The summed E-state index contributed by atoms with van der Waals surface area (Å²) in [6.45, 7) is -0.0890. The summed E-state index contributed by atoms with van der Waals surface area (Å²) in [6, 6.07) is -9.64. The van der Waals surface area contributed by atoms with E-state index in [1.54, 1.807) is 0 Å². The van der Waals surface area contributed by atoms with Crippen molar-refractivity contribution in [1.82, 2.24) is 26.6 Å². The van der Waals surface area contributed by atoms with Crippen LogP contribution in [0, 0.1) is 5.92 Å². The first kappa shape index (κ1) is 128. The van der Waals surface area contributed by atoms with E-state index in [0.29, 0.717) is 18.8 Å². The van der Waals surface area contributed by atoms with Crippen LogP contribution in [0.25, 0.3) is 0 Å². The molecule has 5 amide bonds. The van der Waals surface area contributed by atoms with Gasteiger partial charge in [0, 0.05) is 53.4 Å². The molecular formula is C94H165N5O48. The third-order valence-corrected chi connectivity index (χ3v) is 28.1. The van der Waals surface area contributed by atoms with Crippen molar-refractivity contribution in [3.8, 4) is 0 Å². The summed E-state index contributed by atoms with van der Waals surface area (Å²) in [7, 11) is 0. The molecule has 0 saturated carbocycles. The number of carboxylic acids is 3. The van der Waals surface area contributed by atoms with Gasteiger partial charge in [-0.25, -0.2) is 14.4 Å². The molecule has 53 nitrogen and oxygen atoms in total. The van der Waals surface area contributed by atoms with Crippen LogP contribution in [-0.2, 0) is 105 Å². The van der Waals surface area contributed by atoms with Crippen LogP contribution in [0.5, 0.6) is 0 Å². The maximum atomic E-state index is 14.3. The van der Waals surface area contributed by atoms with E-state index in [-0.39, 0.29) is 12.8 Å². The third kappa shape index (κ3) is 35.4. The Hall–Kier alpha value is -5.72. The largest absolute Gasteiger partial charge is 0.477 e. The minimum atomic E-state index is -3.68. The van der Waals surface area contributed by atoms with E-state index in [0.717, 1.165) is 111 Å². The van der Waals surface area contributed by atoms with Crippen molar-refractivity contribution < 1.29 is 237 Å². The first-order valence-electron chi connectivity index (χ1n) is 51.2. The lowest BCUT2D eigenvalue weighted by atomic mass is 9.87. The Morgan fingerprint density at radius 3 is 1.14 bits per heavy atom. The van der Waals surface area contributed by atoms with Gasteiger partial charge in [0.1, 0.15) is 159 Å². The Balaban J connectivity index is 1.15. The van der Waals surface area contributed by atoms with Gasteiger partial charge in [-0.05, 0) is 18.8 Å². The number of carboxylic acid groups (broad SMARTS) is 3. The van der Waals surface area contributed by atoms with Crippen molar-refractivity contribution in [2.45, 2.75) is 484 Å². The van der Waals surface area contributed by atoms with Gasteiger partial charge in [-0.3, -0.25) is 24.0 Å². The lowest BCUT2D eigenvalue weighted by Gasteiger charge is -2.53. The molecule has 0 bridgehead atoms. The molecule has 0 aliphatic carbocycles. The third-order valence-electron chi connectivity index (χ3n) is 28.1. The number of unbranched alkanes of at least 4 members (excludes halogenated alkanes) is 20. The highest BCUT2D eigenvalue weighted by Crippen LogP contribution is 2.46. The summed E-state index contributed by atoms with van der Waals surface area (Å²) < 4.78 is 83.6. The van der Waals surface area contributed by atoms with Crippen molar-refractivity contribution in [3.63, 3.8) is 0 Å². The summed E-state index contributed by atoms with van der Waals surface area (Å²) in [5.74, 6) is -22.0. The number of carbonyl (C=O) groups is 8. The fourth-order valence-corrected chi connectivity index (χ4v) is 19.6. The van der Waals surface area contributed by atoms with Gasteiger partial charge < -0.3 is 226 Å². The molecule has 7 aliphatic heterocycles.